The third kappa shape index (κ3) is 3.30. The predicted molar refractivity (Wildman–Crippen MR) is 76.0 cm³/mol. The molecule has 1 aliphatic rings. The molecule has 0 aromatic carbocycles. The first-order chi connectivity index (χ1) is 9.33. The van der Waals surface area contributed by atoms with E-state index in [2.05, 4.69) is 31.7 Å². The van der Waals surface area contributed by atoms with Gasteiger partial charge in [-0.3, -0.25) is 0 Å². The maximum absolute atomic E-state index is 4.35. The number of hydrogen-bond donors (Lipinski definition) is 3. The Balaban J connectivity index is 1.47. The number of aryl methyl sites for hydroxylation is 1. The van der Waals surface area contributed by atoms with Gasteiger partial charge >= 0.3 is 0 Å². The molecule has 3 N–H and O–H groups in total. The number of hydrogen-bond acceptors (Lipinski definition) is 4. The quantitative estimate of drug-likeness (QED) is 0.659. The molecule has 1 saturated carbocycles. The lowest BCUT2D eigenvalue weighted by Crippen LogP contribution is -2.23. The van der Waals surface area contributed by atoms with Gasteiger partial charge in [0.1, 0.15) is 5.82 Å². The highest BCUT2D eigenvalue weighted by Gasteiger charge is 2.19. The van der Waals surface area contributed by atoms with Crippen molar-refractivity contribution in [1.29, 1.82) is 0 Å². The molecule has 1 aliphatic carbocycles. The van der Waals surface area contributed by atoms with E-state index in [1.54, 1.807) is 0 Å². The number of nitrogens with one attached hydrogen (secondary N) is 3. The smallest absolute Gasteiger partial charge is 0.177 e. The Hall–Kier alpha value is -1.46. The minimum atomic E-state index is 0.812. The second kappa shape index (κ2) is 5.67. The Morgan fingerprint density at radius 2 is 2.26 bits per heavy atom. The van der Waals surface area contributed by atoms with Crippen molar-refractivity contribution in [2.45, 2.75) is 38.8 Å². The molecule has 0 bridgehead atoms. The molecular formula is C14H21N5. The van der Waals surface area contributed by atoms with Crippen molar-refractivity contribution in [1.82, 2.24) is 25.6 Å². The van der Waals surface area contributed by atoms with Gasteiger partial charge in [-0.2, -0.15) is 0 Å². The third-order valence-corrected chi connectivity index (χ3v) is 3.45. The number of H-pyrrole nitrogens is 1. The first-order valence-electron chi connectivity index (χ1n) is 7.07. The van der Waals surface area contributed by atoms with Crippen LogP contribution < -0.4 is 10.6 Å². The Kier molecular flexibility index (Phi) is 3.75. The summed E-state index contributed by atoms with van der Waals surface area (Å²) in [7, 11) is 0. The van der Waals surface area contributed by atoms with Crippen molar-refractivity contribution in [3.63, 3.8) is 0 Å². The Morgan fingerprint density at radius 1 is 1.37 bits per heavy atom. The highest BCUT2D eigenvalue weighted by molar-refractivity contribution is 5.74. The van der Waals surface area contributed by atoms with E-state index in [0.29, 0.717) is 0 Å². The molecule has 3 rings (SSSR count). The number of aromatic nitrogens is 3. The molecule has 0 saturated heterocycles. The van der Waals surface area contributed by atoms with Crippen LogP contribution in [-0.2, 0) is 6.54 Å². The molecule has 2 heterocycles. The van der Waals surface area contributed by atoms with Gasteiger partial charge in [-0.05, 0) is 50.9 Å². The fourth-order valence-corrected chi connectivity index (χ4v) is 2.26. The molecule has 0 amide bonds. The lowest BCUT2D eigenvalue weighted by atomic mass is 10.2. The van der Waals surface area contributed by atoms with Crippen molar-refractivity contribution < 1.29 is 0 Å². The molecule has 1 fully saturated rings. The normalized spacial score (nSPS) is 15.2. The highest BCUT2D eigenvalue weighted by atomic mass is 15.0. The highest BCUT2D eigenvalue weighted by Crippen LogP contribution is 2.18. The molecule has 102 valence electrons. The van der Waals surface area contributed by atoms with Crippen LogP contribution in [0.1, 0.15) is 30.7 Å². The van der Waals surface area contributed by atoms with E-state index in [1.165, 1.54) is 24.8 Å². The van der Waals surface area contributed by atoms with Gasteiger partial charge in [-0.1, -0.05) is 0 Å². The van der Waals surface area contributed by atoms with Crippen LogP contribution in [0.4, 0.5) is 0 Å². The first kappa shape index (κ1) is 12.6. The second-order valence-corrected chi connectivity index (χ2v) is 5.25. The van der Waals surface area contributed by atoms with Gasteiger partial charge in [0.05, 0.1) is 5.52 Å². The SMILES string of the molecule is Cc1nc2nccc(CNCCCNC3CC3)c2[nH]1. The number of pyridine rings is 1. The van der Waals surface area contributed by atoms with E-state index in [9.17, 15) is 0 Å². The van der Waals surface area contributed by atoms with Crippen molar-refractivity contribution in [2.24, 2.45) is 0 Å². The fraction of sp³-hybridized carbons (Fsp3) is 0.571. The molecule has 0 radical (unpaired) electrons. The third-order valence-electron chi connectivity index (χ3n) is 3.45. The average molecular weight is 259 g/mol. The molecule has 0 atom stereocenters. The maximum Gasteiger partial charge on any atom is 0.177 e. The summed E-state index contributed by atoms with van der Waals surface area (Å²) in [6.07, 6.45) is 5.73. The fourth-order valence-electron chi connectivity index (χ4n) is 2.26. The zero-order chi connectivity index (χ0) is 13.1. The summed E-state index contributed by atoms with van der Waals surface area (Å²) in [4.78, 5) is 11.9. The average Bonchev–Trinajstić information content (AvgIpc) is 3.13. The summed E-state index contributed by atoms with van der Waals surface area (Å²) in [5, 5.41) is 7.00. The van der Waals surface area contributed by atoms with Crippen LogP contribution in [0.3, 0.4) is 0 Å². The van der Waals surface area contributed by atoms with E-state index < -0.39 is 0 Å². The number of rotatable bonds is 7. The lowest BCUT2D eigenvalue weighted by molar-refractivity contribution is 0.594. The largest absolute Gasteiger partial charge is 0.341 e. The van der Waals surface area contributed by atoms with Crippen LogP contribution in [0.15, 0.2) is 12.3 Å². The van der Waals surface area contributed by atoms with E-state index in [1.807, 2.05) is 13.1 Å². The number of imidazole rings is 1. The predicted octanol–water partition coefficient (Wildman–Crippen LogP) is 1.50. The summed E-state index contributed by atoms with van der Waals surface area (Å²) in [6.45, 7) is 4.98. The second-order valence-electron chi connectivity index (χ2n) is 5.25. The summed E-state index contributed by atoms with van der Waals surface area (Å²) in [6, 6.07) is 2.86. The molecule has 0 unspecified atom stereocenters. The maximum atomic E-state index is 4.35. The van der Waals surface area contributed by atoms with Gasteiger partial charge in [-0.25, -0.2) is 9.97 Å². The topological polar surface area (TPSA) is 65.6 Å². The van der Waals surface area contributed by atoms with Crippen molar-refractivity contribution in [3.8, 4) is 0 Å². The van der Waals surface area contributed by atoms with E-state index in [-0.39, 0.29) is 0 Å². The zero-order valence-corrected chi connectivity index (χ0v) is 11.4. The Morgan fingerprint density at radius 3 is 3.11 bits per heavy atom. The molecule has 5 nitrogen and oxygen atoms in total. The first-order valence-corrected chi connectivity index (χ1v) is 7.07. The van der Waals surface area contributed by atoms with E-state index in [0.717, 1.165) is 42.7 Å². The number of nitrogens with zero attached hydrogens (tertiary/aromatic N) is 2. The van der Waals surface area contributed by atoms with Gasteiger partial charge in [0.2, 0.25) is 0 Å². The molecule has 19 heavy (non-hydrogen) atoms. The summed E-state index contributed by atoms with van der Waals surface area (Å²) in [5.41, 5.74) is 3.11. The summed E-state index contributed by atoms with van der Waals surface area (Å²) >= 11 is 0. The van der Waals surface area contributed by atoms with Gasteiger partial charge in [0.15, 0.2) is 5.65 Å². The summed E-state index contributed by atoms with van der Waals surface area (Å²) < 4.78 is 0. The molecule has 2 aromatic rings. The summed E-state index contributed by atoms with van der Waals surface area (Å²) in [5.74, 6) is 0.920. The van der Waals surface area contributed by atoms with Crippen molar-refractivity contribution in [2.75, 3.05) is 13.1 Å². The number of aromatic amines is 1. The lowest BCUT2D eigenvalue weighted by Gasteiger charge is -2.06. The van der Waals surface area contributed by atoms with Crippen LogP contribution in [0, 0.1) is 6.92 Å². The minimum absolute atomic E-state index is 0.812. The Bertz CT molecular complexity index is 544. The standard InChI is InChI=1S/C14H21N5/c1-10-18-13-11(5-8-17-14(13)19-10)9-15-6-2-7-16-12-3-4-12/h5,8,12,15-16H,2-4,6-7,9H2,1H3,(H,17,18,19). The van der Waals surface area contributed by atoms with Gasteiger partial charge in [0.25, 0.3) is 0 Å². The molecular weight excluding hydrogens is 238 g/mol. The van der Waals surface area contributed by atoms with Crippen molar-refractivity contribution >= 4 is 11.2 Å². The monoisotopic (exact) mass is 259 g/mol. The van der Waals surface area contributed by atoms with Crippen molar-refractivity contribution in [3.05, 3.63) is 23.7 Å². The molecule has 0 aliphatic heterocycles. The zero-order valence-electron chi connectivity index (χ0n) is 11.4. The number of fused-ring (bicyclic) bond motifs is 1. The van der Waals surface area contributed by atoms with Crippen LogP contribution >= 0.6 is 0 Å². The van der Waals surface area contributed by atoms with E-state index >= 15 is 0 Å². The van der Waals surface area contributed by atoms with Crippen LogP contribution in [0.2, 0.25) is 0 Å². The van der Waals surface area contributed by atoms with Gasteiger partial charge in [-0.15, -0.1) is 0 Å². The molecule has 5 heteroatoms. The molecule has 2 aromatic heterocycles. The van der Waals surface area contributed by atoms with Crippen LogP contribution in [0.5, 0.6) is 0 Å². The minimum Gasteiger partial charge on any atom is -0.341 e. The van der Waals surface area contributed by atoms with Gasteiger partial charge in [0, 0.05) is 18.8 Å². The van der Waals surface area contributed by atoms with E-state index in [4.69, 9.17) is 0 Å². The molecule has 0 spiro atoms. The van der Waals surface area contributed by atoms with Crippen LogP contribution in [-0.4, -0.2) is 34.1 Å². The van der Waals surface area contributed by atoms with Crippen LogP contribution in [0.25, 0.3) is 11.2 Å². The van der Waals surface area contributed by atoms with Gasteiger partial charge < -0.3 is 15.6 Å². The Labute approximate surface area is 113 Å².